The van der Waals surface area contributed by atoms with Gasteiger partial charge in [0.15, 0.2) is 0 Å². The summed E-state index contributed by atoms with van der Waals surface area (Å²) in [5.74, 6) is 0.252. The largest absolute Gasteiger partial charge is 0.352 e. The molecular formula is C15H21N3O3. The van der Waals surface area contributed by atoms with Gasteiger partial charge in [-0.15, -0.1) is 0 Å². The zero-order valence-corrected chi connectivity index (χ0v) is 12.5. The Morgan fingerprint density at radius 1 is 1.43 bits per heavy atom. The van der Waals surface area contributed by atoms with Crippen molar-refractivity contribution in [1.82, 2.24) is 10.2 Å². The Hall–Kier alpha value is -1.95. The number of benzene rings is 1. The van der Waals surface area contributed by atoms with Gasteiger partial charge in [-0.05, 0) is 51.9 Å². The Morgan fingerprint density at radius 3 is 2.71 bits per heavy atom. The number of hydrogen-bond acceptors (Lipinski definition) is 4. The molecule has 1 heterocycles. The first-order valence-electron chi connectivity index (χ1n) is 7.19. The lowest BCUT2D eigenvalue weighted by molar-refractivity contribution is -0.385. The van der Waals surface area contributed by atoms with Gasteiger partial charge in [0.05, 0.1) is 4.92 Å². The molecule has 0 aromatic heterocycles. The van der Waals surface area contributed by atoms with Crippen LogP contribution in [-0.4, -0.2) is 42.4 Å². The Balaban J connectivity index is 1.94. The lowest BCUT2D eigenvalue weighted by Crippen LogP contribution is -2.36. The third-order valence-electron chi connectivity index (χ3n) is 4.06. The molecule has 0 spiro atoms. The summed E-state index contributed by atoms with van der Waals surface area (Å²) < 4.78 is 0. The van der Waals surface area contributed by atoms with Crippen LogP contribution < -0.4 is 5.32 Å². The lowest BCUT2D eigenvalue weighted by atomic mass is 9.97. The number of nitrogens with zero attached hydrogens (tertiary/aromatic N) is 2. The Morgan fingerprint density at radius 2 is 2.10 bits per heavy atom. The molecule has 0 bridgehead atoms. The van der Waals surface area contributed by atoms with E-state index in [1.54, 1.807) is 19.1 Å². The van der Waals surface area contributed by atoms with E-state index in [9.17, 15) is 14.9 Å². The maximum Gasteiger partial charge on any atom is 0.273 e. The number of piperidine rings is 1. The Bertz CT molecular complexity index is 537. The number of amides is 1. The van der Waals surface area contributed by atoms with E-state index in [4.69, 9.17) is 0 Å². The number of nitrogens with one attached hydrogen (secondary N) is 1. The molecule has 1 aliphatic rings. The fraction of sp³-hybridized carbons (Fsp3) is 0.533. The third-order valence-corrected chi connectivity index (χ3v) is 4.06. The number of rotatable bonds is 4. The van der Waals surface area contributed by atoms with Crippen molar-refractivity contribution < 1.29 is 9.72 Å². The highest BCUT2D eigenvalue weighted by molar-refractivity contribution is 5.94. The first-order valence-corrected chi connectivity index (χ1v) is 7.19. The molecule has 0 unspecified atom stereocenters. The molecule has 6 heteroatoms. The van der Waals surface area contributed by atoms with Crippen LogP contribution in [0.25, 0.3) is 0 Å². The van der Waals surface area contributed by atoms with E-state index in [0.29, 0.717) is 23.6 Å². The van der Waals surface area contributed by atoms with Gasteiger partial charge in [0.1, 0.15) is 0 Å². The molecule has 0 radical (unpaired) electrons. The molecule has 1 N–H and O–H groups in total. The van der Waals surface area contributed by atoms with E-state index in [1.807, 2.05) is 0 Å². The number of hydrogen-bond donors (Lipinski definition) is 1. The van der Waals surface area contributed by atoms with Crippen molar-refractivity contribution in [1.29, 1.82) is 0 Å². The van der Waals surface area contributed by atoms with Crippen molar-refractivity contribution in [3.05, 3.63) is 39.4 Å². The van der Waals surface area contributed by atoms with Gasteiger partial charge in [0.25, 0.3) is 11.6 Å². The van der Waals surface area contributed by atoms with Crippen LogP contribution in [0.2, 0.25) is 0 Å². The van der Waals surface area contributed by atoms with Gasteiger partial charge < -0.3 is 10.2 Å². The third kappa shape index (κ3) is 4.01. The maximum absolute atomic E-state index is 12.1. The van der Waals surface area contributed by atoms with Crippen LogP contribution in [0.4, 0.5) is 5.69 Å². The zero-order chi connectivity index (χ0) is 15.4. The average molecular weight is 291 g/mol. The Kier molecular flexibility index (Phi) is 4.90. The van der Waals surface area contributed by atoms with Gasteiger partial charge in [-0.3, -0.25) is 14.9 Å². The number of carbonyl (C=O) groups is 1. The highest BCUT2D eigenvalue weighted by atomic mass is 16.6. The van der Waals surface area contributed by atoms with Gasteiger partial charge in [0.2, 0.25) is 0 Å². The number of carbonyl (C=O) groups excluding carboxylic acids is 1. The molecule has 21 heavy (non-hydrogen) atoms. The summed E-state index contributed by atoms with van der Waals surface area (Å²) in [6.45, 7) is 4.40. The van der Waals surface area contributed by atoms with Gasteiger partial charge in [-0.25, -0.2) is 0 Å². The van der Waals surface area contributed by atoms with Gasteiger partial charge in [-0.2, -0.15) is 0 Å². The van der Waals surface area contributed by atoms with Crippen molar-refractivity contribution in [3.63, 3.8) is 0 Å². The molecule has 0 atom stereocenters. The van der Waals surface area contributed by atoms with Crippen LogP contribution in [-0.2, 0) is 0 Å². The smallest absolute Gasteiger partial charge is 0.273 e. The number of aryl methyl sites for hydroxylation is 1. The van der Waals surface area contributed by atoms with Crippen molar-refractivity contribution in [3.8, 4) is 0 Å². The molecule has 1 fully saturated rings. The van der Waals surface area contributed by atoms with E-state index < -0.39 is 4.92 Å². The van der Waals surface area contributed by atoms with E-state index in [-0.39, 0.29) is 11.6 Å². The SMILES string of the molecule is Cc1ccc(C(=O)NCC2CCN(C)CC2)cc1[N+](=O)[O-]. The van der Waals surface area contributed by atoms with Crippen molar-refractivity contribution in [2.24, 2.45) is 5.92 Å². The molecule has 1 amide bonds. The summed E-state index contributed by atoms with van der Waals surface area (Å²) in [6.07, 6.45) is 2.15. The van der Waals surface area contributed by atoms with Crippen LogP contribution in [0, 0.1) is 23.0 Å². The minimum absolute atomic E-state index is 0.0121. The standard InChI is InChI=1S/C15H21N3O3/c1-11-3-4-13(9-14(11)18(20)21)15(19)16-10-12-5-7-17(2)8-6-12/h3-4,9,12H,5-8,10H2,1-2H3,(H,16,19). The molecule has 0 aliphatic carbocycles. The summed E-state index contributed by atoms with van der Waals surface area (Å²) in [7, 11) is 2.10. The fourth-order valence-corrected chi connectivity index (χ4v) is 2.55. The van der Waals surface area contributed by atoms with Crippen molar-refractivity contribution in [2.45, 2.75) is 19.8 Å². The molecule has 1 aromatic carbocycles. The van der Waals surface area contributed by atoms with Crippen LogP contribution >= 0.6 is 0 Å². The Labute approximate surface area is 124 Å². The van der Waals surface area contributed by atoms with Gasteiger partial charge >= 0.3 is 0 Å². The summed E-state index contributed by atoms with van der Waals surface area (Å²) in [6, 6.07) is 4.59. The molecule has 6 nitrogen and oxygen atoms in total. The normalized spacial score (nSPS) is 16.7. The van der Waals surface area contributed by atoms with Crippen LogP contribution in [0.3, 0.4) is 0 Å². The molecule has 0 saturated carbocycles. The zero-order valence-electron chi connectivity index (χ0n) is 12.5. The lowest BCUT2D eigenvalue weighted by Gasteiger charge is -2.28. The molecule has 1 saturated heterocycles. The molecule has 1 aliphatic heterocycles. The van der Waals surface area contributed by atoms with Gasteiger partial charge in [0, 0.05) is 23.7 Å². The quantitative estimate of drug-likeness (QED) is 0.680. The fourth-order valence-electron chi connectivity index (χ4n) is 2.55. The highest BCUT2D eigenvalue weighted by Crippen LogP contribution is 2.19. The van der Waals surface area contributed by atoms with Crippen LogP contribution in [0.5, 0.6) is 0 Å². The predicted octanol–water partition coefficient (Wildman–Crippen LogP) is 1.97. The van der Waals surface area contributed by atoms with E-state index in [1.165, 1.54) is 6.07 Å². The molecular weight excluding hydrogens is 270 g/mol. The molecule has 1 aromatic rings. The number of nitro benzene ring substituents is 1. The molecule has 2 rings (SSSR count). The summed E-state index contributed by atoms with van der Waals surface area (Å²) >= 11 is 0. The minimum atomic E-state index is -0.455. The first kappa shape index (κ1) is 15.4. The second-order valence-electron chi connectivity index (χ2n) is 5.72. The maximum atomic E-state index is 12.1. The van der Waals surface area contributed by atoms with Crippen LogP contribution in [0.15, 0.2) is 18.2 Å². The molecule has 114 valence electrons. The van der Waals surface area contributed by atoms with Crippen LogP contribution in [0.1, 0.15) is 28.8 Å². The first-order chi connectivity index (χ1) is 9.97. The highest BCUT2D eigenvalue weighted by Gasteiger charge is 2.19. The number of nitro groups is 1. The van der Waals surface area contributed by atoms with E-state index in [0.717, 1.165) is 25.9 Å². The topological polar surface area (TPSA) is 75.5 Å². The number of likely N-dealkylation sites (tertiary alicyclic amines) is 1. The van der Waals surface area contributed by atoms with E-state index in [2.05, 4.69) is 17.3 Å². The summed E-state index contributed by atoms with van der Waals surface area (Å²) in [5, 5.41) is 13.8. The second-order valence-corrected chi connectivity index (χ2v) is 5.72. The predicted molar refractivity (Wildman–Crippen MR) is 80.4 cm³/mol. The van der Waals surface area contributed by atoms with Crippen molar-refractivity contribution in [2.75, 3.05) is 26.7 Å². The van der Waals surface area contributed by atoms with Crippen molar-refractivity contribution >= 4 is 11.6 Å². The van der Waals surface area contributed by atoms with Gasteiger partial charge in [-0.1, -0.05) is 6.07 Å². The minimum Gasteiger partial charge on any atom is -0.352 e. The van der Waals surface area contributed by atoms with E-state index >= 15 is 0 Å². The monoisotopic (exact) mass is 291 g/mol. The second kappa shape index (κ2) is 6.67. The summed E-state index contributed by atoms with van der Waals surface area (Å²) in [4.78, 5) is 24.8. The average Bonchev–Trinajstić information content (AvgIpc) is 2.46. The summed E-state index contributed by atoms with van der Waals surface area (Å²) in [5.41, 5.74) is 0.897.